The number of unbranched alkanes of at least 4 members (excludes halogenated alkanes) is 1. The monoisotopic (exact) mass is 351 g/mol. The molecule has 0 aromatic heterocycles. The lowest BCUT2D eigenvalue weighted by molar-refractivity contribution is -0.138. The summed E-state index contributed by atoms with van der Waals surface area (Å²) >= 11 is 2.98. The van der Waals surface area contributed by atoms with Gasteiger partial charge in [0, 0.05) is 10.5 Å². The van der Waals surface area contributed by atoms with Gasteiger partial charge in [0.25, 0.3) is 0 Å². The van der Waals surface area contributed by atoms with Gasteiger partial charge in [-0.05, 0) is 37.1 Å². The van der Waals surface area contributed by atoms with Gasteiger partial charge in [-0.1, -0.05) is 48.7 Å². The topological polar surface area (TPSA) is 12.0 Å². The van der Waals surface area contributed by atoms with E-state index in [9.17, 15) is 13.2 Å². The van der Waals surface area contributed by atoms with E-state index in [0.29, 0.717) is 5.56 Å². The van der Waals surface area contributed by atoms with Crippen molar-refractivity contribution in [1.82, 2.24) is 5.32 Å². The summed E-state index contributed by atoms with van der Waals surface area (Å²) in [6, 6.07) is 4.50. The maximum atomic E-state index is 12.9. The predicted octanol–water partition coefficient (Wildman–Crippen LogP) is 5.70. The van der Waals surface area contributed by atoms with Crippen molar-refractivity contribution in [3.63, 3.8) is 0 Å². The first kappa shape index (κ1) is 17.5. The van der Waals surface area contributed by atoms with Crippen LogP contribution in [0.3, 0.4) is 0 Å². The van der Waals surface area contributed by atoms with Crippen LogP contribution in [-0.2, 0) is 6.18 Å². The molecule has 0 spiro atoms. The van der Waals surface area contributed by atoms with E-state index in [2.05, 4.69) is 28.2 Å². The molecule has 5 heteroatoms. The van der Waals surface area contributed by atoms with Crippen molar-refractivity contribution in [1.29, 1.82) is 0 Å². The van der Waals surface area contributed by atoms with Gasteiger partial charge in [-0.25, -0.2) is 0 Å². The Labute approximate surface area is 127 Å². The normalized spacial score (nSPS) is 13.5. The molecule has 0 aliphatic rings. The lowest BCUT2D eigenvalue weighted by atomic mass is 9.99. The predicted molar refractivity (Wildman–Crippen MR) is 79.7 cm³/mol. The minimum atomic E-state index is -4.32. The Balaban J connectivity index is 3.00. The van der Waals surface area contributed by atoms with Crippen LogP contribution in [0.15, 0.2) is 22.7 Å². The van der Waals surface area contributed by atoms with Crippen molar-refractivity contribution < 1.29 is 13.2 Å². The zero-order valence-corrected chi connectivity index (χ0v) is 13.4. The molecule has 0 aliphatic heterocycles. The van der Waals surface area contributed by atoms with Gasteiger partial charge in [-0.15, -0.1) is 0 Å². The molecule has 0 aliphatic carbocycles. The number of alkyl halides is 3. The van der Waals surface area contributed by atoms with Gasteiger partial charge >= 0.3 is 6.18 Å². The minimum Gasteiger partial charge on any atom is -0.310 e. The molecule has 1 rings (SSSR count). The number of benzene rings is 1. The molecule has 20 heavy (non-hydrogen) atoms. The molecule has 0 saturated heterocycles. The number of halogens is 4. The summed E-state index contributed by atoms with van der Waals surface area (Å²) in [5, 5.41) is 3.34. The first-order valence-electron chi connectivity index (χ1n) is 7.00. The lowest BCUT2D eigenvalue weighted by Gasteiger charge is -2.20. The van der Waals surface area contributed by atoms with Gasteiger partial charge < -0.3 is 5.32 Å². The molecule has 1 N–H and O–H groups in total. The van der Waals surface area contributed by atoms with Crippen LogP contribution in [0.1, 0.15) is 56.7 Å². The van der Waals surface area contributed by atoms with Crippen LogP contribution >= 0.6 is 15.9 Å². The Morgan fingerprint density at radius 2 is 1.90 bits per heavy atom. The van der Waals surface area contributed by atoms with E-state index in [1.807, 2.05) is 6.92 Å². The van der Waals surface area contributed by atoms with E-state index < -0.39 is 11.7 Å². The van der Waals surface area contributed by atoms with Crippen molar-refractivity contribution in [3.05, 3.63) is 33.8 Å². The number of nitrogens with one attached hydrogen (secondary N) is 1. The molecule has 1 atom stereocenters. The van der Waals surface area contributed by atoms with E-state index in [0.717, 1.165) is 32.2 Å². The van der Waals surface area contributed by atoms with Gasteiger partial charge in [0.05, 0.1) is 5.56 Å². The fraction of sp³-hybridized carbons (Fsp3) is 0.600. The summed E-state index contributed by atoms with van der Waals surface area (Å²) in [6.07, 6.45) is -0.471. The third-order valence-corrected chi connectivity index (χ3v) is 3.88. The summed E-state index contributed by atoms with van der Waals surface area (Å²) < 4.78 is 38.9. The highest BCUT2D eigenvalue weighted by Crippen LogP contribution is 2.36. The second-order valence-corrected chi connectivity index (χ2v) is 5.74. The molecule has 0 bridgehead atoms. The largest absolute Gasteiger partial charge is 0.417 e. The molecule has 114 valence electrons. The van der Waals surface area contributed by atoms with Crippen LogP contribution in [0.4, 0.5) is 13.2 Å². The first-order valence-corrected chi connectivity index (χ1v) is 7.79. The fourth-order valence-corrected chi connectivity index (χ4v) is 2.56. The van der Waals surface area contributed by atoms with Crippen LogP contribution in [0.5, 0.6) is 0 Å². The highest BCUT2D eigenvalue weighted by Gasteiger charge is 2.33. The number of hydrogen-bond donors (Lipinski definition) is 1. The summed E-state index contributed by atoms with van der Waals surface area (Å²) in [6.45, 7) is 4.94. The standard InChI is InChI=1S/C15H21BrF3N/c1-3-5-6-14(20-9-4-2)11-7-8-13(16)12(10-11)15(17,18)19/h7-8,10,14,20H,3-6,9H2,1-2H3. The minimum absolute atomic E-state index is 0.0101. The maximum absolute atomic E-state index is 12.9. The molecular weight excluding hydrogens is 331 g/mol. The third-order valence-electron chi connectivity index (χ3n) is 3.19. The van der Waals surface area contributed by atoms with Gasteiger partial charge in [-0.2, -0.15) is 13.2 Å². The maximum Gasteiger partial charge on any atom is 0.417 e. The zero-order chi connectivity index (χ0) is 15.2. The number of rotatable bonds is 7. The van der Waals surface area contributed by atoms with Crippen LogP contribution in [0.2, 0.25) is 0 Å². The van der Waals surface area contributed by atoms with Crippen LogP contribution in [-0.4, -0.2) is 6.54 Å². The van der Waals surface area contributed by atoms with Crippen molar-refractivity contribution in [3.8, 4) is 0 Å². The third kappa shape index (κ3) is 5.09. The molecule has 0 amide bonds. The van der Waals surface area contributed by atoms with Crippen molar-refractivity contribution in [2.24, 2.45) is 0 Å². The lowest BCUT2D eigenvalue weighted by Crippen LogP contribution is -2.22. The molecule has 1 aromatic rings. The van der Waals surface area contributed by atoms with Gasteiger partial charge in [0.15, 0.2) is 0 Å². The van der Waals surface area contributed by atoms with E-state index in [1.54, 1.807) is 6.07 Å². The van der Waals surface area contributed by atoms with E-state index in [4.69, 9.17) is 0 Å². The Morgan fingerprint density at radius 1 is 1.20 bits per heavy atom. The average molecular weight is 352 g/mol. The molecule has 0 heterocycles. The molecule has 1 aromatic carbocycles. The van der Waals surface area contributed by atoms with Gasteiger partial charge in [-0.3, -0.25) is 0 Å². The van der Waals surface area contributed by atoms with Crippen LogP contribution in [0.25, 0.3) is 0 Å². The van der Waals surface area contributed by atoms with E-state index >= 15 is 0 Å². The summed E-state index contributed by atoms with van der Waals surface area (Å²) in [5.74, 6) is 0. The van der Waals surface area contributed by atoms with Crippen LogP contribution < -0.4 is 5.32 Å². The molecule has 0 radical (unpaired) electrons. The van der Waals surface area contributed by atoms with Crippen molar-refractivity contribution in [2.45, 2.75) is 51.7 Å². The summed E-state index contributed by atoms with van der Waals surface area (Å²) in [4.78, 5) is 0. The van der Waals surface area contributed by atoms with E-state index in [1.165, 1.54) is 12.1 Å². The van der Waals surface area contributed by atoms with E-state index in [-0.39, 0.29) is 10.5 Å². The average Bonchev–Trinajstić information content (AvgIpc) is 2.38. The highest BCUT2D eigenvalue weighted by molar-refractivity contribution is 9.10. The quantitative estimate of drug-likeness (QED) is 0.664. The molecule has 1 nitrogen and oxygen atoms in total. The van der Waals surface area contributed by atoms with Gasteiger partial charge in [0.2, 0.25) is 0 Å². The second kappa shape index (κ2) is 8.03. The fourth-order valence-electron chi connectivity index (χ4n) is 2.09. The molecule has 0 saturated carbocycles. The van der Waals surface area contributed by atoms with Crippen molar-refractivity contribution >= 4 is 15.9 Å². The highest BCUT2D eigenvalue weighted by atomic mass is 79.9. The number of hydrogen-bond acceptors (Lipinski definition) is 1. The Hall–Kier alpha value is -0.550. The molecular formula is C15H21BrF3N. The first-order chi connectivity index (χ1) is 9.40. The van der Waals surface area contributed by atoms with Crippen LogP contribution in [0, 0.1) is 0 Å². The van der Waals surface area contributed by atoms with Crippen molar-refractivity contribution in [2.75, 3.05) is 6.54 Å². The Morgan fingerprint density at radius 3 is 2.45 bits per heavy atom. The SMILES string of the molecule is CCCCC(NCCC)c1ccc(Br)c(C(F)(F)F)c1. The summed E-state index contributed by atoms with van der Waals surface area (Å²) in [7, 11) is 0. The zero-order valence-electron chi connectivity index (χ0n) is 11.9. The molecule has 0 fully saturated rings. The Kier molecular flexibility index (Phi) is 7.03. The Bertz CT molecular complexity index is 410. The smallest absolute Gasteiger partial charge is 0.310 e. The second-order valence-electron chi connectivity index (χ2n) is 4.89. The van der Waals surface area contributed by atoms with Gasteiger partial charge in [0.1, 0.15) is 0 Å². The molecule has 1 unspecified atom stereocenters. The summed E-state index contributed by atoms with van der Waals surface area (Å²) in [5.41, 5.74) is 0.109.